The molecule has 2 rings (SSSR count). The average Bonchev–Trinajstić information content (AvgIpc) is 2.54. The first-order chi connectivity index (χ1) is 11.1. The summed E-state index contributed by atoms with van der Waals surface area (Å²) >= 11 is 0. The summed E-state index contributed by atoms with van der Waals surface area (Å²) in [6.45, 7) is 0. The van der Waals surface area contributed by atoms with Gasteiger partial charge in [0.2, 0.25) is 5.91 Å². The van der Waals surface area contributed by atoms with E-state index in [0.29, 0.717) is 19.3 Å². The number of fused-ring (bicyclic) bond motifs is 1. The lowest BCUT2D eigenvalue weighted by Gasteiger charge is -2.14. The molecule has 2 N–H and O–H groups in total. The highest BCUT2D eigenvalue weighted by Crippen LogP contribution is 2.16. The number of terminal acetylenes is 1. The third-order valence-corrected chi connectivity index (χ3v) is 3.63. The van der Waals surface area contributed by atoms with Gasteiger partial charge in [-0.15, -0.1) is 12.3 Å². The van der Waals surface area contributed by atoms with Gasteiger partial charge in [-0.3, -0.25) is 4.79 Å². The number of nitrogens with one attached hydrogen (secondary N) is 1. The second-order valence-electron chi connectivity index (χ2n) is 5.41. The minimum atomic E-state index is -1.03. The quantitative estimate of drug-likeness (QED) is 0.610. The van der Waals surface area contributed by atoms with Crippen molar-refractivity contribution in [1.82, 2.24) is 5.32 Å². The number of carbonyl (C=O) groups is 2. The Labute approximate surface area is 135 Å². The molecule has 4 heteroatoms. The zero-order chi connectivity index (χ0) is 16.7. The molecule has 0 aliphatic heterocycles. The van der Waals surface area contributed by atoms with Gasteiger partial charge in [0, 0.05) is 6.42 Å². The molecular formula is C19H19NO3. The van der Waals surface area contributed by atoms with Crippen molar-refractivity contribution >= 4 is 22.6 Å². The third-order valence-electron chi connectivity index (χ3n) is 3.63. The summed E-state index contributed by atoms with van der Waals surface area (Å²) in [5.74, 6) is 1.14. The zero-order valence-corrected chi connectivity index (χ0v) is 12.8. The smallest absolute Gasteiger partial charge is 0.326 e. The van der Waals surface area contributed by atoms with Crippen LogP contribution in [-0.2, 0) is 16.0 Å². The van der Waals surface area contributed by atoms with Gasteiger partial charge in [0.25, 0.3) is 0 Å². The van der Waals surface area contributed by atoms with Gasteiger partial charge >= 0.3 is 5.97 Å². The Morgan fingerprint density at radius 1 is 1.17 bits per heavy atom. The predicted molar refractivity (Wildman–Crippen MR) is 89.9 cm³/mol. The van der Waals surface area contributed by atoms with Crippen molar-refractivity contribution < 1.29 is 14.7 Å². The van der Waals surface area contributed by atoms with E-state index in [1.807, 2.05) is 42.5 Å². The normalized spacial score (nSPS) is 11.6. The highest BCUT2D eigenvalue weighted by atomic mass is 16.4. The Morgan fingerprint density at radius 3 is 2.61 bits per heavy atom. The fraction of sp³-hybridized carbons (Fsp3) is 0.263. The number of benzene rings is 2. The molecule has 2 aromatic carbocycles. The fourth-order valence-electron chi connectivity index (χ4n) is 2.45. The van der Waals surface area contributed by atoms with E-state index < -0.39 is 12.0 Å². The maximum absolute atomic E-state index is 12.1. The van der Waals surface area contributed by atoms with Gasteiger partial charge in [-0.2, -0.15) is 0 Å². The SMILES string of the molecule is C#CCCC[C@H](NC(=O)Cc1ccc2ccccc2c1)C(=O)O. The van der Waals surface area contributed by atoms with Crippen LogP contribution in [0.1, 0.15) is 24.8 Å². The van der Waals surface area contributed by atoms with Crippen LogP contribution in [-0.4, -0.2) is 23.0 Å². The number of unbranched alkanes of at least 4 members (excludes halogenated alkanes) is 1. The Kier molecular flexibility index (Phi) is 5.76. The molecule has 0 radical (unpaired) electrons. The molecule has 0 aliphatic carbocycles. The monoisotopic (exact) mass is 309 g/mol. The summed E-state index contributed by atoms with van der Waals surface area (Å²) in [7, 11) is 0. The number of aliphatic carboxylic acids is 1. The first-order valence-corrected chi connectivity index (χ1v) is 7.53. The fourth-order valence-corrected chi connectivity index (χ4v) is 2.45. The number of amides is 1. The van der Waals surface area contributed by atoms with Crippen molar-refractivity contribution in [3.05, 3.63) is 48.0 Å². The zero-order valence-electron chi connectivity index (χ0n) is 12.8. The molecule has 0 heterocycles. The topological polar surface area (TPSA) is 66.4 Å². The van der Waals surface area contributed by atoms with Crippen LogP contribution in [0.25, 0.3) is 10.8 Å². The lowest BCUT2D eigenvalue weighted by Crippen LogP contribution is -2.41. The summed E-state index contributed by atoms with van der Waals surface area (Å²) in [6.07, 6.45) is 6.73. The van der Waals surface area contributed by atoms with Crippen LogP contribution in [0.4, 0.5) is 0 Å². The summed E-state index contributed by atoms with van der Waals surface area (Å²) in [5, 5.41) is 13.9. The summed E-state index contributed by atoms with van der Waals surface area (Å²) < 4.78 is 0. The van der Waals surface area contributed by atoms with Crippen molar-refractivity contribution in [2.45, 2.75) is 31.7 Å². The summed E-state index contributed by atoms with van der Waals surface area (Å²) in [6, 6.07) is 12.8. The summed E-state index contributed by atoms with van der Waals surface area (Å²) in [5.41, 5.74) is 0.856. The van der Waals surface area contributed by atoms with Crippen LogP contribution >= 0.6 is 0 Å². The number of hydrogen-bond donors (Lipinski definition) is 2. The molecule has 4 nitrogen and oxygen atoms in total. The van der Waals surface area contributed by atoms with Gasteiger partial charge in [0.1, 0.15) is 6.04 Å². The van der Waals surface area contributed by atoms with Crippen molar-refractivity contribution in [2.75, 3.05) is 0 Å². The number of carbonyl (C=O) groups excluding carboxylic acids is 1. The van der Waals surface area contributed by atoms with Gasteiger partial charge < -0.3 is 10.4 Å². The van der Waals surface area contributed by atoms with Gasteiger partial charge in [-0.25, -0.2) is 4.79 Å². The van der Waals surface area contributed by atoms with Crippen LogP contribution in [0.15, 0.2) is 42.5 Å². The van der Waals surface area contributed by atoms with Gasteiger partial charge in [0.05, 0.1) is 6.42 Å². The first kappa shape index (κ1) is 16.6. The summed E-state index contributed by atoms with van der Waals surface area (Å²) in [4.78, 5) is 23.3. The van der Waals surface area contributed by atoms with Crippen LogP contribution in [0.3, 0.4) is 0 Å². The molecule has 0 saturated heterocycles. The van der Waals surface area contributed by atoms with Crippen LogP contribution in [0.5, 0.6) is 0 Å². The van der Waals surface area contributed by atoms with E-state index in [2.05, 4.69) is 11.2 Å². The van der Waals surface area contributed by atoms with Crippen LogP contribution in [0, 0.1) is 12.3 Å². The number of hydrogen-bond acceptors (Lipinski definition) is 2. The van der Waals surface area contributed by atoms with E-state index in [0.717, 1.165) is 16.3 Å². The van der Waals surface area contributed by atoms with E-state index in [9.17, 15) is 9.59 Å². The first-order valence-electron chi connectivity index (χ1n) is 7.53. The van der Waals surface area contributed by atoms with Gasteiger partial charge in [-0.1, -0.05) is 42.5 Å². The molecule has 0 aromatic heterocycles. The number of carboxylic acids is 1. The molecule has 2 aromatic rings. The van der Waals surface area contributed by atoms with Gasteiger partial charge in [0.15, 0.2) is 0 Å². The molecule has 118 valence electrons. The van der Waals surface area contributed by atoms with E-state index in [1.165, 1.54) is 0 Å². The highest BCUT2D eigenvalue weighted by Gasteiger charge is 2.19. The van der Waals surface area contributed by atoms with E-state index >= 15 is 0 Å². The van der Waals surface area contributed by atoms with E-state index in [4.69, 9.17) is 11.5 Å². The molecule has 0 aliphatic rings. The van der Waals surface area contributed by atoms with Crippen LogP contribution in [0.2, 0.25) is 0 Å². The lowest BCUT2D eigenvalue weighted by atomic mass is 10.0. The predicted octanol–water partition coefficient (Wildman–Crippen LogP) is 2.76. The molecule has 0 spiro atoms. The van der Waals surface area contributed by atoms with Crippen molar-refractivity contribution in [3.8, 4) is 12.3 Å². The Hall–Kier alpha value is -2.80. The molecule has 0 bridgehead atoms. The highest BCUT2D eigenvalue weighted by molar-refractivity contribution is 5.87. The van der Waals surface area contributed by atoms with E-state index in [1.54, 1.807) is 0 Å². The molecule has 1 atom stereocenters. The van der Waals surface area contributed by atoms with Crippen molar-refractivity contribution in [3.63, 3.8) is 0 Å². The Bertz CT molecular complexity index is 746. The van der Waals surface area contributed by atoms with Gasteiger partial charge in [-0.05, 0) is 29.2 Å². The molecule has 23 heavy (non-hydrogen) atoms. The maximum Gasteiger partial charge on any atom is 0.326 e. The second-order valence-corrected chi connectivity index (χ2v) is 5.41. The largest absolute Gasteiger partial charge is 0.480 e. The minimum absolute atomic E-state index is 0.157. The van der Waals surface area contributed by atoms with Crippen molar-refractivity contribution in [2.24, 2.45) is 0 Å². The molecule has 0 unspecified atom stereocenters. The van der Waals surface area contributed by atoms with Crippen LogP contribution < -0.4 is 5.32 Å². The van der Waals surface area contributed by atoms with E-state index in [-0.39, 0.29) is 12.3 Å². The molecule has 0 saturated carbocycles. The van der Waals surface area contributed by atoms with Crippen molar-refractivity contribution in [1.29, 1.82) is 0 Å². The molecular weight excluding hydrogens is 290 g/mol. The number of rotatable bonds is 7. The Balaban J connectivity index is 1.98. The lowest BCUT2D eigenvalue weighted by molar-refractivity contribution is -0.141. The number of carboxylic acid groups (broad SMARTS) is 1. The average molecular weight is 309 g/mol. The molecule has 0 fully saturated rings. The maximum atomic E-state index is 12.1. The third kappa shape index (κ3) is 4.86. The minimum Gasteiger partial charge on any atom is -0.480 e. The Morgan fingerprint density at radius 2 is 1.91 bits per heavy atom. The standard InChI is InChI=1S/C19H19NO3/c1-2-3-4-9-17(19(22)23)20-18(21)13-14-10-11-15-7-5-6-8-16(15)12-14/h1,5-8,10-12,17H,3-4,9,13H2,(H,20,21)(H,22,23)/t17-/m0/s1. The molecule has 1 amide bonds. The second kappa shape index (κ2) is 8.00.